The predicted octanol–water partition coefficient (Wildman–Crippen LogP) is -2.54. The van der Waals surface area contributed by atoms with Crippen LogP contribution in [-0.2, 0) is 33.3 Å². The zero-order valence-electron chi connectivity index (χ0n) is 27.9. The second-order valence-corrected chi connectivity index (χ2v) is 11.7. The van der Waals surface area contributed by atoms with Crippen LogP contribution >= 0.6 is 12.6 Å². The minimum atomic E-state index is -1.59. The van der Waals surface area contributed by atoms with Gasteiger partial charge in [-0.1, -0.05) is 0 Å². The quantitative estimate of drug-likeness (QED) is 0.0200. The summed E-state index contributed by atoms with van der Waals surface area (Å²) >= 11 is 3.86. The molecule has 0 aromatic rings. The Balaban J connectivity index is 4.19. The van der Waals surface area contributed by atoms with Gasteiger partial charge >= 0.3 is 0 Å². The van der Waals surface area contributed by atoms with Crippen LogP contribution in [0.1, 0.15) is 70.6 Å². The SMILES string of the molecule is COC(OCCCCC(=O)NCCCC[C@@H](NC(=O)CCCCOC(OC)C(O)C(O)C(O)CCO)C(=O)S)C(O)C(O)C(O)CCO. The van der Waals surface area contributed by atoms with Crippen LogP contribution in [0.25, 0.3) is 0 Å². The smallest absolute Gasteiger partial charge is 0.220 e. The van der Waals surface area contributed by atoms with Gasteiger partial charge < -0.3 is 70.4 Å². The number of rotatable bonds is 31. The van der Waals surface area contributed by atoms with E-state index in [4.69, 9.17) is 29.2 Å². The maximum atomic E-state index is 12.3. The summed E-state index contributed by atoms with van der Waals surface area (Å²) in [6.07, 6.45) is -8.10. The van der Waals surface area contributed by atoms with E-state index in [-0.39, 0.29) is 63.9 Å². The molecule has 0 rings (SSSR count). The fourth-order valence-corrected chi connectivity index (χ4v) is 4.68. The molecule has 8 unspecified atom stereocenters. The molecule has 0 fully saturated rings. The maximum Gasteiger partial charge on any atom is 0.220 e. The summed E-state index contributed by atoms with van der Waals surface area (Å²) in [4.78, 5) is 36.4. The van der Waals surface area contributed by atoms with E-state index in [1.54, 1.807) is 0 Å². The lowest BCUT2D eigenvalue weighted by molar-refractivity contribution is -0.216. The van der Waals surface area contributed by atoms with E-state index >= 15 is 0 Å². The molecule has 18 heteroatoms. The molecule has 0 bridgehead atoms. The van der Waals surface area contributed by atoms with Crippen LogP contribution in [0, 0.1) is 0 Å². The molecule has 284 valence electrons. The number of hydrogen-bond donors (Lipinski definition) is 11. The molecule has 0 heterocycles. The van der Waals surface area contributed by atoms with Crippen molar-refractivity contribution in [3.63, 3.8) is 0 Å². The number of aliphatic hydroxyl groups is 8. The summed E-state index contributed by atoms with van der Waals surface area (Å²) in [6.45, 7) is -0.141. The average molecular weight is 719 g/mol. The molecule has 0 radical (unpaired) electrons. The zero-order chi connectivity index (χ0) is 36.5. The van der Waals surface area contributed by atoms with E-state index in [9.17, 15) is 45.0 Å². The highest BCUT2D eigenvalue weighted by molar-refractivity contribution is 7.96. The van der Waals surface area contributed by atoms with Gasteiger partial charge in [0, 0.05) is 60.0 Å². The van der Waals surface area contributed by atoms with Crippen molar-refractivity contribution in [2.45, 2.75) is 126 Å². The number of ether oxygens (including phenoxy) is 4. The fourth-order valence-electron chi connectivity index (χ4n) is 4.48. The van der Waals surface area contributed by atoms with Crippen molar-refractivity contribution in [1.82, 2.24) is 10.6 Å². The molecule has 9 atom stereocenters. The van der Waals surface area contributed by atoms with Gasteiger partial charge in [0.05, 0.1) is 18.2 Å². The molecule has 0 aliphatic carbocycles. The summed E-state index contributed by atoms with van der Waals surface area (Å²) in [5.74, 6) is -0.533. The third kappa shape index (κ3) is 20.2. The van der Waals surface area contributed by atoms with Crippen LogP contribution in [-0.4, -0.2) is 160 Å². The average Bonchev–Trinajstić information content (AvgIpc) is 3.06. The molecule has 10 N–H and O–H groups in total. The Bertz CT molecular complexity index is 861. The fraction of sp³-hybridized carbons (Fsp3) is 0.900. The highest BCUT2D eigenvalue weighted by Crippen LogP contribution is 2.14. The first kappa shape index (κ1) is 46.5. The van der Waals surface area contributed by atoms with Crippen LogP contribution < -0.4 is 10.6 Å². The molecule has 0 aromatic carbocycles. The number of hydrogen-bond acceptors (Lipinski definition) is 15. The molecule has 0 saturated carbocycles. The summed E-state index contributed by atoms with van der Waals surface area (Å²) in [5, 5.41) is 82.2. The van der Waals surface area contributed by atoms with Gasteiger partial charge in [-0.15, -0.1) is 12.6 Å². The topological polar surface area (TPSA) is 274 Å². The minimum Gasteiger partial charge on any atom is -0.396 e. The number of thiol groups is 1. The second kappa shape index (κ2) is 28.2. The molecule has 2 amide bonds. The van der Waals surface area contributed by atoms with Crippen LogP contribution in [0.3, 0.4) is 0 Å². The van der Waals surface area contributed by atoms with Gasteiger partial charge in [0.1, 0.15) is 24.4 Å². The van der Waals surface area contributed by atoms with E-state index in [2.05, 4.69) is 23.3 Å². The third-order valence-corrected chi connectivity index (χ3v) is 7.71. The lowest BCUT2D eigenvalue weighted by Gasteiger charge is -2.28. The molecule has 0 aliphatic rings. The molecule has 0 aliphatic heterocycles. The highest BCUT2D eigenvalue weighted by Gasteiger charge is 2.33. The Kier molecular flexibility index (Phi) is 27.3. The standard InChI is InChI=1S/C30H58N2O15S/c1-44-29(26(41)24(39)20(35)12-15-33)46-17-7-4-10-22(37)31-14-6-3-9-19(28(43)48)32-23(38)11-5-8-18-47-30(45-2)27(42)25(40)21(36)13-16-34/h19-21,24-27,29-30,33-36,39-42H,3-18H2,1-2H3,(H,31,37)(H,32,38)(H,43,48)/t19-,20?,21?,24?,25?,26?,27?,29?,30?/m1/s1. The summed E-state index contributed by atoms with van der Waals surface area (Å²) in [6, 6.07) is -0.791. The van der Waals surface area contributed by atoms with Gasteiger partial charge in [0.15, 0.2) is 12.6 Å². The third-order valence-electron chi connectivity index (χ3n) is 7.40. The normalized spacial score (nSPS) is 17.4. The molecule has 0 spiro atoms. The molecular formula is C30H58N2O15S. The van der Waals surface area contributed by atoms with E-state index in [1.165, 1.54) is 14.2 Å². The first-order chi connectivity index (χ1) is 22.8. The first-order valence-corrected chi connectivity index (χ1v) is 16.7. The summed E-state index contributed by atoms with van der Waals surface area (Å²) in [5.41, 5.74) is 0. The second-order valence-electron chi connectivity index (χ2n) is 11.3. The number of aliphatic hydroxyl groups excluding tert-OH is 8. The number of amides is 2. The molecule has 0 saturated heterocycles. The van der Waals surface area contributed by atoms with Crippen molar-refractivity contribution in [3.05, 3.63) is 0 Å². The van der Waals surface area contributed by atoms with Crippen molar-refractivity contribution in [1.29, 1.82) is 0 Å². The van der Waals surface area contributed by atoms with E-state index in [0.717, 1.165) is 0 Å². The van der Waals surface area contributed by atoms with Gasteiger partial charge in [-0.2, -0.15) is 0 Å². The van der Waals surface area contributed by atoms with Crippen molar-refractivity contribution in [3.8, 4) is 0 Å². The van der Waals surface area contributed by atoms with Crippen molar-refractivity contribution in [2.75, 3.05) is 47.2 Å². The summed E-state index contributed by atoms with van der Waals surface area (Å²) < 4.78 is 20.8. The number of unbranched alkanes of at least 4 members (excludes halogenated alkanes) is 3. The first-order valence-electron chi connectivity index (χ1n) is 16.2. The van der Waals surface area contributed by atoms with Crippen LogP contribution in [0.4, 0.5) is 0 Å². The Morgan fingerprint density at radius 1 is 0.625 bits per heavy atom. The summed E-state index contributed by atoms with van der Waals surface area (Å²) in [7, 11) is 2.53. The van der Waals surface area contributed by atoms with Crippen molar-refractivity contribution in [2.24, 2.45) is 0 Å². The monoisotopic (exact) mass is 718 g/mol. The van der Waals surface area contributed by atoms with Crippen molar-refractivity contribution >= 4 is 29.6 Å². The van der Waals surface area contributed by atoms with Gasteiger partial charge in [0.25, 0.3) is 0 Å². The Morgan fingerprint density at radius 2 is 1.08 bits per heavy atom. The van der Waals surface area contributed by atoms with E-state index in [0.29, 0.717) is 51.5 Å². The Labute approximate surface area is 287 Å². The van der Waals surface area contributed by atoms with Crippen LogP contribution in [0.15, 0.2) is 0 Å². The van der Waals surface area contributed by atoms with Gasteiger partial charge in [-0.3, -0.25) is 14.4 Å². The van der Waals surface area contributed by atoms with Crippen LogP contribution in [0.2, 0.25) is 0 Å². The van der Waals surface area contributed by atoms with Gasteiger partial charge in [-0.05, 0) is 57.8 Å². The lowest BCUT2D eigenvalue weighted by Crippen LogP contribution is -2.46. The lowest BCUT2D eigenvalue weighted by atomic mass is 10.1. The minimum absolute atomic E-state index is 0.0853. The maximum absolute atomic E-state index is 12.3. The predicted molar refractivity (Wildman–Crippen MR) is 173 cm³/mol. The number of nitrogens with one attached hydrogen (secondary N) is 2. The largest absolute Gasteiger partial charge is 0.396 e. The van der Waals surface area contributed by atoms with Crippen LogP contribution in [0.5, 0.6) is 0 Å². The van der Waals surface area contributed by atoms with Gasteiger partial charge in [0.2, 0.25) is 16.9 Å². The van der Waals surface area contributed by atoms with E-state index in [1.807, 2.05) is 0 Å². The van der Waals surface area contributed by atoms with Gasteiger partial charge in [-0.25, -0.2) is 0 Å². The zero-order valence-corrected chi connectivity index (χ0v) is 28.8. The Hall–Kier alpha value is -1.52. The van der Waals surface area contributed by atoms with Crippen molar-refractivity contribution < 1.29 is 74.2 Å². The molecule has 17 nitrogen and oxygen atoms in total. The number of carbonyl (C=O) groups excluding carboxylic acids is 3. The molecule has 0 aromatic heterocycles. The number of carbonyl (C=O) groups is 3. The highest BCUT2D eigenvalue weighted by atomic mass is 32.1. The Morgan fingerprint density at radius 3 is 1.50 bits per heavy atom. The number of methoxy groups -OCH3 is 2. The molecular weight excluding hydrogens is 660 g/mol. The van der Waals surface area contributed by atoms with E-state index < -0.39 is 60.4 Å². The molecule has 48 heavy (non-hydrogen) atoms.